The summed E-state index contributed by atoms with van der Waals surface area (Å²) >= 11 is 1.39. The van der Waals surface area contributed by atoms with E-state index in [9.17, 15) is 9.18 Å². The van der Waals surface area contributed by atoms with Crippen LogP contribution in [0.15, 0.2) is 27.9 Å². The maximum Gasteiger partial charge on any atom is 0.227 e. The molecule has 0 spiro atoms. The summed E-state index contributed by atoms with van der Waals surface area (Å²) in [5.41, 5.74) is 1.25. The van der Waals surface area contributed by atoms with Crippen LogP contribution in [-0.4, -0.2) is 31.2 Å². The fraction of sp³-hybridized carbons (Fsp3) is 0.312. The Hall–Kier alpha value is -2.75. The number of hydrogen-bond acceptors (Lipinski definition) is 7. The number of hydrogen-bond donors (Lipinski definition) is 2. The van der Waals surface area contributed by atoms with Gasteiger partial charge in [-0.05, 0) is 37.6 Å². The number of aromatic nitrogens is 5. The molecule has 136 valence electrons. The van der Waals surface area contributed by atoms with Crippen LogP contribution in [-0.2, 0) is 17.0 Å². The van der Waals surface area contributed by atoms with Crippen molar-refractivity contribution in [2.75, 3.05) is 5.32 Å². The number of aryl methyl sites for hydroxylation is 3. The molecule has 0 aliphatic carbocycles. The molecule has 0 atom stereocenters. The predicted molar refractivity (Wildman–Crippen MR) is 93.1 cm³/mol. The highest BCUT2D eigenvalue weighted by Crippen LogP contribution is 2.18. The molecular formula is C16H17FN6O2S. The second kappa shape index (κ2) is 8.09. The Morgan fingerprint density at radius 3 is 2.92 bits per heavy atom. The van der Waals surface area contributed by atoms with Gasteiger partial charge in [-0.1, -0.05) is 16.9 Å². The molecule has 0 fully saturated rings. The molecule has 0 bridgehead atoms. The smallest absolute Gasteiger partial charge is 0.227 e. The van der Waals surface area contributed by atoms with Gasteiger partial charge in [-0.3, -0.25) is 9.89 Å². The van der Waals surface area contributed by atoms with Crippen molar-refractivity contribution < 1.29 is 13.7 Å². The fourth-order valence-corrected chi connectivity index (χ4v) is 2.85. The van der Waals surface area contributed by atoms with E-state index >= 15 is 0 Å². The minimum atomic E-state index is -0.336. The van der Waals surface area contributed by atoms with Crippen LogP contribution in [0.5, 0.6) is 0 Å². The van der Waals surface area contributed by atoms with E-state index in [1.165, 1.54) is 30.0 Å². The first-order valence-electron chi connectivity index (χ1n) is 7.89. The minimum Gasteiger partial charge on any atom is -0.339 e. The molecule has 2 aromatic heterocycles. The molecule has 3 rings (SSSR count). The molecule has 2 heterocycles. The van der Waals surface area contributed by atoms with Gasteiger partial charge < -0.3 is 9.84 Å². The number of anilines is 1. The Morgan fingerprint density at radius 1 is 1.35 bits per heavy atom. The van der Waals surface area contributed by atoms with E-state index in [-0.39, 0.29) is 18.1 Å². The summed E-state index contributed by atoms with van der Waals surface area (Å²) in [6.07, 6.45) is 0.509. The van der Waals surface area contributed by atoms with Crippen molar-refractivity contribution in [3.05, 3.63) is 47.1 Å². The van der Waals surface area contributed by atoms with E-state index in [0.29, 0.717) is 40.3 Å². The van der Waals surface area contributed by atoms with Gasteiger partial charge in [0.05, 0.1) is 5.75 Å². The number of thioether (sulfide) groups is 1. The van der Waals surface area contributed by atoms with Crippen molar-refractivity contribution in [3.63, 3.8) is 0 Å². The molecule has 2 N–H and O–H groups in total. The second-order valence-electron chi connectivity index (χ2n) is 5.60. The van der Waals surface area contributed by atoms with E-state index in [1.54, 1.807) is 6.92 Å². The maximum absolute atomic E-state index is 13.1. The Morgan fingerprint density at radius 2 is 2.19 bits per heavy atom. The monoisotopic (exact) mass is 376 g/mol. The van der Waals surface area contributed by atoms with Crippen molar-refractivity contribution in [2.45, 2.75) is 37.6 Å². The van der Waals surface area contributed by atoms with Crippen LogP contribution in [0.1, 0.15) is 29.5 Å². The lowest BCUT2D eigenvalue weighted by Gasteiger charge is -2.07. The topological polar surface area (TPSA) is 110 Å². The number of amides is 1. The molecule has 0 radical (unpaired) electrons. The minimum absolute atomic E-state index is 0.186. The van der Waals surface area contributed by atoms with Crippen LogP contribution < -0.4 is 5.32 Å². The third-order valence-electron chi connectivity index (χ3n) is 3.45. The van der Waals surface area contributed by atoms with Crippen LogP contribution in [0.2, 0.25) is 0 Å². The Labute approximate surface area is 153 Å². The SMILES string of the molecule is Cc1nc(SCc2noc(CCC(=O)Nc3ccc(F)cc3C)n2)n[nH]1. The Bertz CT molecular complexity index is 910. The third-order valence-corrected chi connectivity index (χ3v) is 4.29. The lowest BCUT2D eigenvalue weighted by Crippen LogP contribution is -2.13. The molecule has 26 heavy (non-hydrogen) atoms. The zero-order valence-corrected chi connectivity index (χ0v) is 15.1. The third kappa shape index (κ3) is 4.88. The Balaban J connectivity index is 1.47. The average molecular weight is 376 g/mol. The van der Waals surface area contributed by atoms with E-state index in [4.69, 9.17) is 4.52 Å². The lowest BCUT2D eigenvalue weighted by molar-refractivity contribution is -0.116. The summed E-state index contributed by atoms with van der Waals surface area (Å²) in [4.78, 5) is 20.4. The van der Waals surface area contributed by atoms with Crippen LogP contribution in [0, 0.1) is 19.7 Å². The molecule has 8 nitrogen and oxygen atoms in total. The molecule has 0 aliphatic rings. The number of nitrogens with zero attached hydrogens (tertiary/aromatic N) is 4. The van der Waals surface area contributed by atoms with Crippen LogP contribution in [0.25, 0.3) is 0 Å². The zero-order valence-electron chi connectivity index (χ0n) is 14.2. The van der Waals surface area contributed by atoms with Crippen molar-refractivity contribution in [1.29, 1.82) is 0 Å². The van der Waals surface area contributed by atoms with Crippen LogP contribution in [0.4, 0.5) is 10.1 Å². The summed E-state index contributed by atoms with van der Waals surface area (Å²) < 4.78 is 18.2. The molecule has 0 saturated heterocycles. The number of benzene rings is 1. The molecule has 0 saturated carbocycles. The highest BCUT2D eigenvalue weighted by molar-refractivity contribution is 7.98. The fourth-order valence-electron chi connectivity index (χ4n) is 2.17. The quantitative estimate of drug-likeness (QED) is 0.610. The van der Waals surface area contributed by atoms with Gasteiger partial charge in [0.15, 0.2) is 5.82 Å². The van der Waals surface area contributed by atoms with Crippen molar-refractivity contribution in [3.8, 4) is 0 Å². The van der Waals surface area contributed by atoms with Crippen molar-refractivity contribution in [1.82, 2.24) is 25.3 Å². The van der Waals surface area contributed by atoms with Gasteiger partial charge in [0, 0.05) is 18.5 Å². The first kappa shape index (κ1) is 18.1. The first-order chi connectivity index (χ1) is 12.5. The van der Waals surface area contributed by atoms with Gasteiger partial charge in [-0.15, -0.1) is 5.10 Å². The number of nitrogens with one attached hydrogen (secondary N) is 2. The van der Waals surface area contributed by atoms with E-state index in [0.717, 1.165) is 5.82 Å². The number of halogens is 1. The second-order valence-corrected chi connectivity index (χ2v) is 6.55. The summed E-state index contributed by atoms with van der Waals surface area (Å²) in [6.45, 7) is 3.55. The number of aromatic amines is 1. The van der Waals surface area contributed by atoms with E-state index in [1.807, 2.05) is 6.92 Å². The van der Waals surface area contributed by atoms with Gasteiger partial charge in [-0.2, -0.15) is 4.98 Å². The Kier molecular flexibility index (Phi) is 5.61. The molecule has 1 amide bonds. The van der Waals surface area contributed by atoms with Crippen molar-refractivity contribution in [2.24, 2.45) is 0 Å². The standard InChI is InChI=1S/C16H17FN6O2S/c1-9-7-11(17)3-4-12(9)19-14(24)5-6-15-20-13(23-25-15)8-26-16-18-10(2)21-22-16/h3-4,7H,5-6,8H2,1-2H3,(H,19,24)(H,18,21,22). The number of carbonyl (C=O) groups excluding carboxylic acids is 1. The summed E-state index contributed by atoms with van der Waals surface area (Å²) in [7, 11) is 0. The van der Waals surface area contributed by atoms with Gasteiger partial charge in [0.25, 0.3) is 0 Å². The predicted octanol–water partition coefficient (Wildman–Crippen LogP) is 2.81. The average Bonchev–Trinajstić information content (AvgIpc) is 3.22. The molecular weight excluding hydrogens is 359 g/mol. The number of carbonyl (C=O) groups is 1. The molecule has 0 unspecified atom stereocenters. The normalized spacial score (nSPS) is 10.9. The molecule has 10 heteroatoms. The highest BCUT2D eigenvalue weighted by atomic mass is 32.2. The van der Waals surface area contributed by atoms with Crippen molar-refractivity contribution >= 4 is 23.4 Å². The largest absolute Gasteiger partial charge is 0.339 e. The number of H-pyrrole nitrogens is 1. The number of rotatable bonds is 7. The maximum atomic E-state index is 13.1. The van der Waals surface area contributed by atoms with Gasteiger partial charge in [-0.25, -0.2) is 9.37 Å². The molecule has 1 aromatic carbocycles. The highest BCUT2D eigenvalue weighted by Gasteiger charge is 2.12. The summed E-state index contributed by atoms with van der Waals surface area (Å²) in [5, 5.41) is 14.0. The van der Waals surface area contributed by atoms with Gasteiger partial charge in [0.2, 0.25) is 17.0 Å². The summed E-state index contributed by atoms with van der Waals surface area (Å²) in [6, 6.07) is 4.21. The first-order valence-corrected chi connectivity index (χ1v) is 8.87. The molecule has 0 aliphatic heterocycles. The van der Waals surface area contributed by atoms with Crippen LogP contribution >= 0.6 is 11.8 Å². The van der Waals surface area contributed by atoms with Gasteiger partial charge >= 0.3 is 0 Å². The zero-order chi connectivity index (χ0) is 18.5. The van der Waals surface area contributed by atoms with E-state index in [2.05, 4.69) is 30.6 Å². The van der Waals surface area contributed by atoms with Gasteiger partial charge in [0.1, 0.15) is 11.6 Å². The molecule has 3 aromatic rings. The lowest BCUT2D eigenvalue weighted by atomic mass is 10.2. The van der Waals surface area contributed by atoms with Crippen LogP contribution in [0.3, 0.4) is 0 Å². The summed E-state index contributed by atoms with van der Waals surface area (Å²) in [5.74, 6) is 1.58. The van der Waals surface area contributed by atoms with E-state index < -0.39 is 0 Å².